The maximum atomic E-state index is 12.3. The lowest BCUT2D eigenvalue weighted by molar-refractivity contribution is -0.149. The summed E-state index contributed by atoms with van der Waals surface area (Å²) >= 11 is 0. The first-order chi connectivity index (χ1) is 10.4. The molecule has 0 aliphatic carbocycles. The van der Waals surface area contributed by atoms with Gasteiger partial charge in [-0.25, -0.2) is 9.59 Å². The minimum Gasteiger partial charge on any atom is -0.464 e. The zero-order chi connectivity index (χ0) is 17.0. The van der Waals surface area contributed by atoms with E-state index in [1.54, 1.807) is 7.05 Å². The molecule has 1 unspecified atom stereocenters. The fourth-order valence-corrected chi connectivity index (χ4v) is 2.08. The van der Waals surface area contributed by atoms with Gasteiger partial charge in [-0.2, -0.15) is 0 Å². The van der Waals surface area contributed by atoms with Gasteiger partial charge in [0.2, 0.25) is 0 Å². The molecule has 0 radical (unpaired) electrons. The van der Waals surface area contributed by atoms with Crippen LogP contribution in [0.25, 0.3) is 0 Å². The fourth-order valence-electron chi connectivity index (χ4n) is 2.08. The summed E-state index contributed by atoms with van der Waals surface area (Å²) in [6.07, 6.45) is 5.11. The summed E-state index contributed by atoms with van der Waals surface area (Å²) in [5, 5.41) is 0. The van der Waals surface area contributed by atoms with Gasteiger partial charge in [-0.05, 0) is 25.2 Å². The van der Waals surface area contributed by atoms with E-state index in [4.69, 9.17) is 9.47 Å². The van der Waals surface area contributed by atoms with Crippen LogP contribution in [0.3, 0.4) is 0 Å². The topological polar surface area (TPSA) is 55.8 Å². The Labute approximate surface area is 135 Å². The van der Waals surface area contributed by atoms with Crippen molar-refractivity contribution in [3.8, 4) is 0 Å². The van der Waals surface area contributed by atoms with E-state index in [1.807, 2.05) is 20.8 Å². The molecule has 0 aliphatic rings. The van der Waals surface area contributed by atoms with E-state index < -0.39 is 12.1 Å². The smallest absolute Gasteiger partial charge is 0.410 e. The van der Waals surface area contributed by atoms with Crippen LogP contribution in [-0.4, -0.2) is 43.3 Å². The highest BCUT2D eigenvalue weighted by atomic mass is 16.6. The number of carbonyl (C=O) groups is 2. The first-order valence-electron chi connectivity index (χ1n) is 8.50. The molecule has 0 aromatic heterocycles. The highest BCUT2D eigenvalue weighted by Gasteiger charge is 2.29. The number of hydrogen-bond acceptors (Lipinski definition) is 4. The summed E-state index contributed by atoms with van der Waals surface area (Å²) in [6.45, 7) is 8.90. The van der Waals surface area contributed by atoms with Gasteiger partial charge in [-0.1, -0.05) is 47.0 Å². The summed E-state index contributed by atoms with van der Waals surface area (Å²) in [6, 6.07) is -0.574. The number of rotatable bonds is 11. The van der Waals surface area contributed by atoms with Crippen molar-refractivity contribution < 1.29 is 19.1 Å². The van der Waals surface area contributed by atoms with Crippen LogP contribution < -0.4 is 0 Å². The van der Waals surface area contributed by atoms with Gasteiger partial charge in [0.1, 0.15) is 6.04 Å². The second kappa shape index (κ2) is 12.3. The molecule has 5 nitrogen and oxygen atoms in total. The molecular formula is C17H33NO4. The molecule has 0 N–H and O–H groups in total. The van der Waals surface area contributed by atoms with Crippen molar-refractivity contribution in [3.63, 3.8) is 0 Å². The molecule has 130 valence electrons. The molecule has 0 aliphatic heterocycles. The predicted molar refractivity (Wildman–Crippen MR) is 87.7 cm³/mol. The number of likely N-dealkylation sites (N-methyl/N-ethyl adjacent to an activating group) is 1. The van der Waals surface area contributed by atoms with Crippen molar-refractivity contribution >= 4 is 12.1 Å². The predicted octanol–water partition coefficient (Wildman–Crippen LogP) is 4.00. The molecule has 5 heteroatoms. The highest BCUT2D eigenvalue weighted by molar-refractivity contribution is 5.81. The monoisotopic (exact) mass is 315 g/mol. The summed E-state index contributed by atoms with van der Waals surface area (Å²) in [5.41, 5.74) is 0. The van der Waals surface area contributed by atoms with Gasteiger partial charge in [0.15, 0.2) is 0 Å². The van der Waals surface area contributed by atoms with Crippen molar-refractivity contribution in [1.29, 1.82) is 0 Å². The second-order valence-electron chi connectivity index (χ2n) is 6.10. The van der Waals surface area contributed by atoms with Crippen LogP contribution in [0.5, 0.6) is 0 Å². The minimum atomic E-state index is -0.574. The van der Waals surface area contributed by atoms with Crippen LogP contribution in [0.15, 0.2) is 0 Å². The minimum absolute atomic E-state index is 0.291. The quantitative estimate of drug-likeness (QED) is 0.427. The molecule has 0 aromatic rings. The van der Waals surface area contributed by atoms with Gasteiger partial charge in [0.05, 0.1) is 13.2 Å². The maximum Gasteiger partial charge on any atom is 0.410 e. The lowest BCUT2D eigenvalue weighted by Gasteiger charge is -2.27. The zero-order valence-electron chi connectivity index (χ0n) is 14.9. The van der Waals surface area contributed by atoms with Gasteiger partial charge in [0, 0.05) is 7.05 Å². The molecule has 0 aromatic carbocycles. The Balaban J connectivity index is 4.47. The maximum absolute atomic E-state index is 12.3. The SMILES string of the molecule is CCCCCCOC(=O)C(CC(C)C)N(C)C(=O)OCCC. The number of nitrogens with zero attached hydrogens (tertiary/aromatic N) is 1. The molecule has 0 fully saturated rings. The average molecular weight is 315 g/mol. The Bertz CT molecular complexity index is 318. The second-order valence-corrected chi connectivity index (χ2v) is 6.10. The molecule has 0 saturated heterocycles. The summed E-state index contributed by atoms with van der Waals surface area (Å²) < 4.78 is 10.4. The molecule has 0 rings (SSSR count). The Morgan fingerprint density at radius 2 is 1.64 bits per heavy atom. The molecule has 0 bridgehead atoms. The number of ether oxygens (including phenoxy) is 2. The van der Waals surface area contributed by atoms with E-state index in [0.717, 1.165) is 32.1 Å². The van der Waals surface area contributed by atoms with Gasteiger partial charge in [-0.15, -0.1) is 0 Å². The van der Waals surface area contributed by atoms with Crippen LogP contribution in [-0.2, 0) is 14.3 Å². The third-order valence-electron chi connectivity index (χ3n) is 3.39. The number of carbonyl (C=O) groups excluding carboxylic acids is 2. The molecule has 0 spiro atoms. The fraction of sp³-hybridized carbons (Fsp3) is 0.882. The number of esters is 1. The zero-order valence-corrected chi connectivity index (χ0v) is 14.9. The van der Waals surface area contributed by atoms with Crippen molar-refractivity contribution in [2.75, 3.05) is 20.3 Å². The van der Waals surface area contributed by atoms with Gasteiger partial charge < -0.3 is 9.47 Å². The molecule has 0 saturated carbocycles. The van der Waals surface area contributed by atoms with Gasteiger partial charge in [0.25, 0.3) is 0 Å². The lowest BCUT2D eigenvalue weighted by atomic mass is 10.0. The molecule has 0 heterocycles. The molecule has 1 amide bonds. The van der Waals surface area contributed by atoms with E-state index in [2.05, 4.69) is 6.92 Å². The van der Waals surface area contributed by atoms with E-state index in [9.17, 15) is 9.59 Å². The van der Waals surface area contributed by atoms with Crippen molar-refractivity contribution in [3.05, 3.63) is 0 Å². The third kappa shape index (κ3) is 8.90. The Morgan fingerprint density at radius 3 is 2.18 bits per heavy atom. The molecule has 1 atom stereocenters. The number of amides is 1. The molecular weight excluding hydrogens is 282 g/mol. The Kier molecular flexibility index (Phi) is 11.6. The normalized spacial score (nSPS) is 12.1. The number of hydrogen-bond donors (Lipinski definition) is 0. The first-order valence-corrected chi connectivity index (χ1v) is 8.50. The van der Waals surface area contributed by atoms with Gasteiger partial charge >= 0.3 is 12.1 Å². The standard InChI is InChI=1S/C17H33NO4/c1-6-8-9-10-12-21-16(19)15(13-14(3)4)18(5)17(20)22-11-7-2/h14-15H,6-13H2,1-5H3. The van der Waals surface area contributed by atoms with E-state index in [1.165, 1.54) is 4.90 Å². The van der Waals surface area contributed by atoms with Crippen LogP contribution in [0.2, 0.25) is 0 Å². The van der Waals surface area contributed by atoms with Crippen LogP contribution >= 0.6 is 0 Å². The van der Waals surface area contributed by atoms with E-state index in [-0.39, 0.29) is 5.97 Å². The molecule has 22 heavy (non-hydrogen) atoms. The lowest BCUT2D eigenvalue weighted by Crippen LogP contribution is -2.44. The van der Waals surface area contributed by atoms with Crippen molar-refractivity contribution in [2.24, 2.45) is 5.92 Å². The van der Waals surface area contributed by atoms with Crippen molar-refractivity contribution in [2.45, 2.75) is 72.3 Å². The Morgan fingerprint density at radius 1 is 0.955 bits per heavy atom. The first kappa shape index (κ1) is 20.7. The summed E-state index contributed by atoms with van der Waals surface area (Å²) in [5.74, 6) is -0.0415. The summed E-state index contributed by atoms with van der Waals surface area (Å²) in [7, 11) is 1.60. The summed E-state index contributed by atoms with van der Waals surface area (Å²) in [4.78, 5) is 25.6. The average Bonchev–Trinajstić information content (AvgIpc) is 2.48. The third-order valence-corrected chi connectivity index (χ3v) is 3.39. The van der Waals surface area contributed by atoms with E-state index >= 15 is 0 Å². The van der Waals surface area contributed by atoms with E-state index in [0.29, 0.717) is 25.6 Å². The van der Waals surface area contributed by atoms with Crippen LogP contribution in [0, 0.1) is 5.92 Å². The largest absolute Gasteiger partial charge is 0.464 e. The van der Waals surface area contributed by atoms with Crippen molar-refractivity contribution in [1.82, 2.24) is 4.90 Å². The Hall–Kier alpha value is -1.26. The van der Waals surface area contributed by atoms with Crippen LogP contribution in [0.1, 0.15) is 66.2 Å². The number of unbranched alkanes of at least 4 members (excludes halogenated alkanes) is 3. The highest BCUT2D eigenvalue weighted by Crippen LogP contribution is 2.14. The van der Waals surface area contributed by atoms with Gasteiger partial charge in [-0.3, -0.25) is 4.90 Å². The van der Waals surface area contributed by atoms with Crippen LogP contribution in [0.4, 0.5) is 4.79 Å².